The van der Waals surface area contributed by atoms with E-state index in [1.807, 2.05) is 18.5 Å². The summed E-state index contributed by atoms with van der Waals surface area (Å²) >= 11 is 1.65. The maximum absolute atomic E-state index is 9.41. The van der Waals surface area contributed by atoms with Gasteiger partial charge in [-0.1, -0.05) is 0 Å². The van der Waals surface area contributed by atoms with Gasteiger partial charge in [-0.05, 0) is 31.2 Å². The first-order valence-corrected chi connectivity index (χ1v) is 6.45. The van der Waals surface area contributed by atoms with E-state index in [0.717, 1.165) is 31.0 Å². The van der Waals surface area contributed by atoms with E-state index in [2.05, 4.69) is 16.0 Å². The summed E-state index contributed by atoms with van der Waals surface area (Å²) in [5, 5.41) is 10.5. The second-order valence-electron chi connectivity index (χ2n) is 3.78. The maximum atomic E-state index is 9.41. The van der Waals surface area contributed by atoms with Crippen molar-refractivity contribution >= 4 is 17.4 Å². The summed E-state index contributed by atoms with van der Waals surface area (Å²) in [6.45, 7) is 1.86. The molecule has 0 radical (unpaired) electrons. The molecule has 1 saturated heterocycles. The molecule has 0 spiro atoms. The van der Waals surface area contributed by atoms with Crippen molar-refractivity contribution in [3.63, 3.8) is 0 Å². The number of pyridine rings is 1. The van der Waals surface area contributed by atoms with Gasteiger partial charge >= 0.3 is 0 Å². The number of aliphatic hydroxyl groups is 1. The third kappa shape index (κ3) is 2.63. The number of rotatable bonds is 2. The van der Waals surface area contributed by atoms with Crippen LogP contribution in [0.3, 0.4) is 0 Å². The lowest BCUT2D eigenvalue weighted by Gasteiger charge is -2.31. The van der Waals surface area contributed by atoms with Crippen molar-refractivity contribution in [1.29, 1.82) is 0 Å². The molecule has 1 fully saturated rings. The second-order valence-corrected chi connectivity index (χ2v) is 4.60. The molecule has 1 aromatic rings. The molecule has 2 rings (SSSR count). The van der Waals surface area contributed by atoms with Crippen LogP contribution in [0.15, 0.2) is 23.4 Å². The molecule has 4 heteroatoms. The van der Waals surface area contributed by atoms with Crippen molar-refractivity contribution in [1.82, 2.24) is 4.98 Å². The Kier molecular flexibility index (Phi) is 3.49. The van der Waals surface area contributed by atoms with E-state index in [-0.39, 0.29) is 6.10 Å². The highest BCUT2D eigenvalue weighted by Crippen LogP contribution is 2.21. The summed E-state index contributed by atoms with van der Waals surface area (Å²) in [5.41, 5.74) is 1.17. The molecular formula is C11H16N2OS. The van der Waals surface area contributed by atoms with Crippen LogP contribution >= 0.6 is 11.8 Å². The fourth-order valence-corrected chi connectivity index (χ4v) is 2.17. The lowest BCUT2D eigenvalue weighted by Crippen LogP contribution is -2.35. The average Bonchev–Trinajstić information content (AvgIpc) is 2.30. The lowest BCUT2D eigenvalue weighted by molar-refractivity contribution is 0.145. The van der Waals surface area contributed by atoms with Gasteiger partial charge in [0.15, 0.2) is 0 Å². The van der Waals surface area contributed by atoms with Gasteiger partial charge in [-0.15, -0.1) is 11.8 Å². The van der Waals surface area contributed by atoms with Crippen molar-refractivity contribution in [2.45, 2.75) is 24.0 Å². The average molecular weight is 224 g/mol. The van der Waals surface area contributed by atoms with Crippen molar-refractivity contribution in [3.05, 3.63) is 18.3 Å². The first-order chi connectivity index (χ1) is 7.29. The molecule has 2 heterocycles. The van der Waals surface area contributed by atoms with Crippen LogP contribution in [0, 0.1) is 0 Å². The van der Waals surface area contributed by atoms with E-state index in [4.69, 9.17) is 0 Å². The third-order valence-corrected chi connectivity index (χ3v) is 3.42. The number of aliphatic hydroxyl groups excluding tert-OH is 1. The number of anilines is 1. The summed E-state index contributed by atoms with van der Waals surface area (Å²) in [5.74, 6) is 0. The number of hydrogen-bond acceptors (Lipinski definition) is 4. The highest BCUT2D eigenvalue weighted by molar-refractivity contribution is 7.98. The van der Waals surface area contributed by atoms with Gasteiger partial charge in [-0.3, -0.25) is 0 Å². The molecule has 0 unspecified atom stereocenters. The molecule has 82 valence electrons. The monoisotopic (exact) mass is 224 g/mol. The van der Waals surface area contributed by atoms with E-state index in [1.54, 1.807) is 11.8 Å². The summed E-state index contributed by atoms with van der Waals surface area (Å²) in [6, 6.07) is 4.15. The van der Waals surface area contributed by atoms with Gasteiger partial charge in [0.25, 0.3) is 0 Å². The molecule has 0 atom stereocenters. The molecule has 1 aliphatic rings. The summed E-state index contributed by atoms with van der Waals surface area (Å²) < 4.78 is 0. The molecule has 0 aromatic carbocycles. The van der Waals surface area contributed by atoms with E-state index < -0.39 is 0 Å². The molecule has 1 N–H and O–H groups in total. The second kappa shape index (κ2) is 4.86. The Balaban J connectivity index is 2.03. The minimum Gasteiger partial charge on any atom is -0.393 e. The highest BCUT2D eigenvalue weighted by atomic mass is 32.2. The smallest absolute Gasteiger partial charge is 0.0958 e. The molecule has 0 saturated carbocycles. The molecule has 1 aromatic heterocycles. The minimum absolute atomic E-state index is 0.111. The normalized spacial score (nSPS) is 18.1. The Morgan fingerprint density at radius 1 is 1.40 bits per heavy atom. The van der Waals surface area contributed by atoms with E-state index in [0.29, 0.717) is 0 Å². The summed E-state index contributed by atoms with van der Waals surface area (Å²) in [7, 11) is 0. The number of aromatic nitrogens is 1. The number of thioether (sulfide) groups is 1. The van der Waals surface area contributed by atoms with Gasteiger partial charge in [0.1, 0.15) is 0 Å². The molecule has 3 nitrogen and oxygen atoms in total. The number of piperidine rings is 1. The van der Waals surface area contributed by atoms with Crippen LogP contribution in [0.4, 0.5) is 5.69 Å². The first-order valence-electron chi connectivity index (χ1n) is 5.22. The van der Waals surface area contributed by atoms with E-state index in [1.165, 1.54) is 5.69 Å². The summed E-state index contributed by atoms with van der Waals surface area (Å²) in [4.78, 5) is 6.63. The zero-order chi connectivity index (χ0) is 10.7. The predicted molar refractivity (Wildman–Crippen MR) is 63.5 cm³/mol. The van der Waals surface area contributed by atoms with Gasteiger partial charge in [0, 0.05) is 13.1 Å². The Bertz CT molecular complexity index is 307. The highest BCUT2D eigenvalue weighted by Gasteiger charge is 2.17. The number of nitrogens with zero attached hydrogens (tertiary/aromatic N) is 2. The van der Waals surface area contributed by atoms with Crippen LogP contribution < -0.4 is 4.90 Å². The quantitative estimate of drug-likeness (QED) is 0.777. The largest absolute Gasteiger partial charge is 0.393 e. The maximum Gasteiger partial charge on any atom is 0.0958 e. The molecule has 0 bridgehead atoms. The molecule has 1 aliphatic heterocycles. The molecule has 0 aliphatic carbocycles. The van der Waals surface area contributed by atoms with E-state index >= 15 is 0 Å². The Morgan fingerprint density at radius 3 is 2.67 bits per heavy atom. The predicted octanol–water partition coefficient (Wildman–Crippen LogP) is 1.76. The number of hydrogen-bond donors (Lipinski definition) is 1. The molecule has 0 amide bonds. The van der Waals surface area contributed by atoms with Crippen molar-refractivity contribution in [2.75, 3.05) is 24.2 Å². The lowest BCUT2D eigenvalue weighted by atomic mass is 10.1. The van der Waals surface area contributed by atoms with Gasteiger partial charge in [-0.2, -0.15) is 0 Å². The Labute approximate surface area is 94.5 Å². The Morgan fingerprint density at radius 2 is 2.13 bits per heavy atom. The zero-order valence-corrected chi connectivity index (χ0v) is 9.70. The van der Waals surface area contributed by atoms with Gasteiger partial charge in [0.2, 0.25) is 0 Å². The Hall–Kier alpha value is -0.740. The van der Waals surface area contributed by atoms with Crippen LogP contribution in [0.1, 0.15) is 12.8 Å². The van der Waals surface area contributed by atoms with Crippen molar-refractivity contribution < 1.29 is 5.11 Å². The van der Waals surface area contributed by atoms with Gasteiger partial charge in [0.05, 0.1) is 23.0 Å². The molecular weight excluding hydrogens is 208 g/mol. The fraction of sp³-hybridized carbons (Fsp3) is 0.545. The first kappa shape index (κ1) is 10.8. The minimum atomic E-state index is -0.111. The molecule has 15 heavy (non-hydrogen) atoms. The SMILES string of the molecule is CSc1ccc(N2CCC(O)CC2)cn1. The van der Waals surface area contributed by atoms with Crippen LogP contribution in [0.25, 0.3) is 0 Å². The standard InChI is InChI=1S/C11H16N2OS/c1-15-11-3-2-9(8-12-11)13-6-4-10(14)5-7-13/h2-3,8,10,14H,4-7H2,1H3. The topological polar surface area (TPSA) is 36.4 Å². The third-order valence-electron chi connectivity index (χ3n) is 2.76. The van der Waals surface area contributed by atoms with Crippen LogP contribution in [0.5, 0.6) is 0 Å². The fourth-order valence-electron chi connectivity index (χ4n) is 1.80. The van der Waals surface area contributed by atoms with Crippen molar-refractivity contribution in [2.24, 2.45) is 0 Å². The van der Waals surface area contributed by atoms with Crippen LogP contribution in [-0.4, -0.2) is 35.5 Å². The van der Waals surface area contributed by atoms with E-state index in [9.17, 15) is 5.11 Å². The van der Waals surface area contributed by atoms with Crippen molar-refractivity contribution in [3.8, 4) is 0 Å². The van der Waals surface area contributed by atoms with Gasteiger partial charge in [-0.25, -0.2) is 4.98 Å². The zero-order valence-electron chi connectivity index (χ0n) is 8.89. The summed E-state index contributed by atoms with van der Waals surface area (Å²) in [6.07, 6.45) is 5.57. The van der Waals surface area contributed by atoms with Crippen LogP contribution in [0.2, 0.25) is 0 Å². The van der Waals surface area contributed by atoms with Crippen LogP contribution in [-0.2, 0) is 0 Å². The van der Waals surface area contributed by atoms with Gasteiger partial charge < -0.3 is 10.0 Å².